The van der Waals surface area contributed by atoms with E-state index in [2.05, 4.69) is 74.0 Å². The molecule has 0 nitrogen and oxygen atoms in total. The monoisotopic (exact) mass is 302 g/mol. The minimum atomic E-state index is -0.694. The van der Waals surface area contributed by atoms with Crippen LogP contribution in [0, 0.1) is 0 Å². The highest BCUT2D eigenvalue weighted by Crippen LogP contribution is 2.56. The van der Waals surface area contributed by atoms with E-state index in [1.54, 1.807) is 10.6 Å². The molecule has 0 aromatic heterocycles. The Labute approximate surface area is 126 Å². The summed E-state index contributed by atoms with van der Waals surface area (Å²) in [6, 6.07) is 22.8. The molecule has 0 saturated carbocycles. The van der Waals surface area contributed by atoms with Crippen molar-refractivity contribution in [2.75, 3.05) is 25.7 Å². The first kappa shape index (κ1) is 15.8. The molecule has 2 unspecified atom stereocenters. The summed E-state index contributed by atoms with van der Waals surface area (Å²) in [6.07, 6.45) is 3.05. The van der Waals surface area contributed by atoms with Crippen LogP contribution in [-0.4, -0.2) is 40.8 Å². The molecule has 0 aliphatic carbocycles. The summed E-state index contributed by atoms with van der Waals surface area (Å²) in [5.74, 6) is 0. The molecule has 0 spiro atoms. The maximum Gasteiger partial charge on any atom is 0.132 e. The van der Waals surface area contributed by atoms with Crippen LogP contribution in [0.2, 0.25) is 0 Å². The SMILES string of the molecule is [BH3-][P+](C)(CC[P+]([BH3-])(C)c1ccccc1)c1ccccc1. The van der Waals surface area contributed by atoms with Crippen LogP contribution in [0.25, 0.3) is 0 Å². The molecule has 0 N–H and O–H groups in total. The van der Waals surface area contributed by atoms with Crippen molar-refractivity contribution in [1.29, 1.82) is 0 Å². The first-order valence-corrected chi connectivity index (χ1v) is 10.2. The first-order valence-electron chi connectivity index (χ1n) is 6.30. The second-order valence-electron chi connectivity index (χ2n) is 4.51. The van der Waals surface area contributed by atoms with Gasteiger partial charge in [-0.1, -0.05) is 36.4 Å². The van der Waals surface area contributed by atoms with Crippen LogP contribution in [0.3, 0.4) is 0 Å². The molecular formula is C16H26B2P2. The summed E-state index contributed by atoms with van der Waals surface area (Å²) in [4.78, 5) is 0. The van der Waals surface area contributed by atoms with Crippen LogP contribution in [-0.2, 0) is 0 Å². The number of rotatable bonds is 5. The number of hydrogen-bond acceptors (Lipinski definition) is 0. The standard InChI is InChI=1S/C16H26B2P2/c1-19(17,15-9-5-3-6-10-15)13-14-20(2,18)16-11-7-4-8-12-16/h3-12H,13-14H2,1-2,17-18H3. The second kappa shape index (κ2) is 6.46. The predicted octanol–water partition coefficient (Wildman–Crippen LogP) is 1.49. The van der Waals surface area contributed by atoms with Gasteiger partial charge in [0, 0.05) is 23.9 Å². The van der Waals surface area contributed by atoms with Crippen molar-refractivity contribution < 1.29 is 0 Å². The molecule has 2 aromatic rings. The van der Waals surface area contributed by atoms with Crippen LogP contribution >= 0.6 is 14.3 Å². The highest BCUT2D eigenvalue weighted by atomic mass is 31.2. The summed E-state index contributed by atoms with van der Waals surface area (Å²) >= 11 is 0. The van der Waals surface area contributed by atoms with Gasteiger partial charge in [-0.3, -0.25) is 0 Å². The molecule has 2 atom stereocenters. The quantitative estimate of drug-likeness (QED) is 0.580. The zero-order valence-electron chi connectivity index (χ0n) is 11.1. The van der Waals surface area contributed by atoms with E-state index in [0.717, 1.165) is 0 Å². The van der Waals surface area contributed by atoms with Crippen molar-refractivity contribution in [3.63, 3.8) is 0 Å². The van der Waals surface area contributed by atoms with Gasteiger partial charge >= 0.3 is 0 Å². The van der Waals surface area contributed by atoms with Crippen LogP contribution in [0.1, 0.15) is 0 Å². The zero-order valence-corrected chi connectivity index (χ0v) is 12.9. The average Bonchev–Trinajstić information content (AvgIpc) is 2.47. The summed E-state index contributed by atoms with van der Waals surface area (Å²) in [5, 5.41) is 3.40. The fourth-order valence-corrected chi connectivity index (χ4v) is 6.20. The molecule has 0 fully saturated rings. The van der Waals surface area contributed by atoms with Gasteiger partial charge in [0.05, 0.1) is 12.3 Å². The lowest BCUT2D eigenvalue weighted by Gasteiger charge is -2.31. The topological polar surface area (TPSA) is 0 Å². The summed E-state index contributed by atoms with van der Waals surface area (Å²) < 4.78 is 0. The normalized spacial score (nSPS) is 17.2. The highest BCUT2D eigenvalue weighted by Gasteiger charge is 2.28. The predicted molar refractivity (Wildman–Crippen MR) is 107 cm³/mol. The fourth-order valence-electron chi connectivity index (χ4n) is 1.92. The Balaban J connectivity index is 2.08. The Kier molecular flexibility index (Phi) is 5.11. The van der Waals surface area contributed by atoms with Gasteiger partial charge in [0.25, 0.3) is 0 Å². The van der Waals surface area contributed by atoms with E-state index in [1.165, 1.54) is 12.3 Å². The van der Waals surface area contributed by atoms with Crippen molar-refractivity contribution in [1.82, 2.24) is 0 Å². The van der Waals surface area contributed by atoms with Crippen molar-refractivity contribution in [2.45, 2.75) is 0 Å². The smallest absolute Gasteiger partial charge is 0.125 e. The summed E-state index contributed by atoms with van der Waals surface area (Å²) in [7, 11) is -0.546. The third-order valence-electron chi connectivity index (χ3n) is 3.16. The Morgan fingerprint density at radius 3 is 1.25 bits per heavy atom. The van der Waals surface area contributed by atoms with Gasteiger partial charge in [-0.15, -0.1) is 14.3 Å². The average molecular weight is 302 g/mol. The van der Waals surface area contributed by atoms with Gasteiger partial charge in [-0.05, 0) is 24.3 Å². The second-order valence-corrected chi connectivity index (χ2v) is 9.23. The lowest BCUT2D eigenvalue weighted by Crippen LogP contribution is -2.20. The Bertz CT molecular complexity index is 487. The van der Waals surface area contributed by atoms with Crippen LogP contribution in [0.15, 0.2) is 60.7 Å². The third kappa shape index (κ3) is 3.97. The third-order valence-corrected chi connectivity index (χ3v) is 7.67. The molecular weight excluding hydrogens is 276 g/mol. The van der Waals surface area contributed by atoms with Gasteiger partial charge in [0.15, 0.2) is 0 Å². The van der Waals surface area contributed by atoms with Crippen molar-refractivity contribution >= 4 is 40.0 Å². The molecule has 2 rings (SSSR count). The van der Waals surface area contributed by atoms with Crippen LogP contribution in [0.5, 0.6) is 0 Å². The maximum atomic E-state index is 2.62. The van der Waals surface area contributed by atoms with E-state index in [9.17, 15) is 0 Å². The van der Waals surface area contributed by atoms with Gasteiger partial charge in [-0.2, -0.15) is 0 Å². The summed E-state index contributed by atoms with van der Waals surface area (Å²) in [5.41, 5.74) is 0. The van der Waals surface area contributed by atoms with Gasteiger partial charge in [-0.25, -0.2) is 0 Å². The summed E-state index contributed by atoms with van der Waals surface area (Å²) in [6.45, 7) is 5.24. The molecule has 0 aliphatic rings. The van der Waals surface area contributed by atoms with Crippen LogP contribution < -0.4 is 10.6 Å². The molecule has 106 valence electrons. The largest absolute Gasteiger partial charge is 0.132 e. The number of hydrogen-bond donors (Lipinski definition) is 0. The molecule has 2 aromatic carbocycles. The van der Waals surface area contributed by atoms with E-state index >= 15 is 0 Å². The Morgan fingerprint density at radius 2 is 0.950 bits per heavy atom. The minimum Gasteiger partial charge on any atom is -0.125 e. The van der Waals surface area contributed by atoms with Crippen molar-refractivity contribution in [3.05, 3.63) is 60.7 Å². The molecule has 0 aliphatic heterocycles. The zero-order chi connectivity index (χ0) is 14.6. The van der Waals surface area contributed by atoms with E-state index < -0.39 is 14.3 Å². The van der Waals surface area contributed by atoms with Gasteiger partial charge in [0.1, 0.15) is 15.1 Å². The van der Waals surface area contributed by atoms with Crippen LogP contribution in [0.4, 0.5) is 0 Å². The molecule has 20 heavy (non-hydrogen) atoms. The lowest BCUT2D eigenvalue weighted by atomic mass is 10.4. The van der Waals surface area contributed by atoms with E-state index in [4.69, 9.17) is 0 Å². The van der Waals surface area contributed by atoms with E-state index in [1.807, 2.05) is 0 Å². The Morgan fingerprint density at radius 1 is 0.650 bits per heavy atom. The molecule has 4 heteroatoms. The molecule has 0 saturated heterocycles. The minimum absolute atomic E-state index is 0.421. The van der Waals surface area contributed by atoms with Gasteiger partial charge < -0.3 is 0 Å². The van der Waals surface area contributed by atoms with Crippen molar-refractivity contribution in [3.8, 4) is 0 Å². The van der Waals surface area contributed by atoms with E-state index in [0.29, 0.717) is 15.1 Å². The van der Waals surface area contributed by atoms with Gasteiger partial charge in [0.2, 0.25) is 0 Å². The molecule has 0 amide bonds. The number of benzene rings is 2. The van der Waals surface area contributed by atoms with E-state index in [-0.39, 0.29) is 0 Å². The first-order chi connectivity index (χ1) is 9.42. The molecule has 0 bridgehead atoms. The van der Waals surface area contributed by atoms with Crippen molar-refractivity contribution in [2.24, 2.45) is 0 Å². The molecule has 0 radical (unpaired) electrons. The molecule has 0 heterocycles. The maximum absolute atomic E-state index is 2.62. The fraction of sp³-hybridized carbons (Fsp3) is 0.250. The lowest BCUT2D eigenvalue weighted by molar-refractivity contribution is 1.49. The Hall–Kier alpha value is -0.570. The highest BCUT2D eigenvalue weighted by molar-refractivity contribution is 8.05.